The molecule has 0 radical (unpaired) electrons. The van der Waals surface area contributed by atoms with Gasteiger partial charge < -0.3 is 4.74 Å². The first-order valence-electron chi connectivity index (χ1n) is 5.55. The molecule has 0 saturated carbocycles. The lowest BCUT2D eigenvalue weighted by Gasteiger charge is -2.12. The third-order valence-corrected chi connectivity index (χ3v) is 3.19. The summed E-state index contributed by atoms with van der Waals surface area (Å²) in [5.74, 6) is -0.696. The Morgan fingerprint density at radius 1 is 1.10 bits per heavy atom. The van der Waals surface area contributed by atoms with Crippen molar-refractivity contribution in [2.24, 2.45) is 0 Å². The normalized spacial score (nSPS) is 11.0. The highest BCUT2D eigenvalue weighted by Crippen LogP contribution is 2.36. The second-order valence-electron chi connectivity index (χ2n) is 3.99. The van der Waals surface area contributed by atoms with E-state index >= 15 is 0 Å². The average Bonchev–Trinajstić information content (AvgIpc) is 2.42. The highest BCUT2D eigenvalue weighted by molar-refractivity contribution is 9.10. The van der Waals surface area contributed by atoms with Crippen molar-refractivity contribution < 1.29 is 22.3 Å². The molecule has 7 heteroatoms. The van der Waals surface area contributed by atoms with Gasteiger partial charge in [-0.3, -0.25) is 0 Å². The molecule has 2 aromatic rings. The van der Waals surface area contributed by atoms with E-state index < -0.39 is 23.1 Å². The zero-order valence-electron chi connectivity index (χ0n) is 10.2. The first-order chi connectivity index (χ1) is 9.81. The summed E-state index contributed by atoms with van der Waals surface area (Å²) in [6, 6.07) is 7.98. The predicted molar refractivity (Wildman–Crippen MR) is 70.3 cm³/mol. The van der Waals surface area contributed by atoms with Gasteiger partial charge in [0.25, 0.3) is 0 Å². The smallest absolute Gasteiger partial charge is 0.417 e. The summed E-state index contributed by atoms with van der Waals surface area (Å²) < 4.78 is 57.2. The molecular formula is C14H6BrF4NO. The highest BCUT2D eigenvalue weighted by atomic mass is 79.9. The number of nitriles is 1. The Bertz CT molecular complexity index is 722. The van der Waals surface area contributed by atoms with E-state index in [9.17, 15) is 17.6 Å². The minimum atomic E-state index is -4.68. The molecule has 2 aromatic carbocycles. The molecule has 0 fully saturated rings. The zero-order valence-corrected chi connectivity index (χ0v) is 11.8. The lowest BCUT2D eigenvalue weighted by molar-refractivity contribution is -0.137. The van der Waals surface area contributed by atoms with Crippen molar-refractivity contribution in [3.05, 3.63) is 57.8 Å². The summed E-state index contributed by atoms with van der Waals surface area (Å²) in [7, 11) is 0. The van der Waals surface area contributed by atoms with Crippen LogP contribution in [0.25, 0.3) is 0 Å². The standard InChI is InChI=1S/C14H6BrF4NO/c15-12-4-2-9(16)5-13(12)21-10-3-1-8(7-20)11(6-10)14(17,18)19/h1-6H. The van der Waals surface area contributed by atoms with Crippen molar-refractivity contribution in [1.82, 2.24) is 0 Å². The van der Waals surface area contributed by atoms with Crippen LogP contribution in [0.2, 0.25) is 0 Å². The molecule has 108 valence electrons. The van der Waals surface area contributed by atoms with Crippen molar-refractivity contribution in [3.63, 3.8) is 0 Å². The van der Waals surface area contributed by atoms with E-state index in [0.717, 1.165) is 12.1 Å². The number of halogens is 5. The maximum atomic E-state index is 13.1. The van der Waals surface area contributed by atoms with Crippen molar-refractivity contribution in [2.75, 3.05) is 0 Å². The first-order valence-corrected chi connectivity index (χ1v) is 6.35. The molecule has 21 heavy (non-hydrogen) atoms. The van der Waals surface area contributed by atoms with Crippen molar-refractivity contribution in [2.45, 2.75) is 6.18 Å². The molecule has 0 aliphatic carbocycles. The van der Waals surface area contributed by atoms with E-state index in [4.69, 9.17) is 10.00 Å². The van der Waals surface area contributed by atoms with Gasteiger partial charge in [-0.2, -0.15) is 18.4 Å². The van der Waals surface area contributed by atoms with Crippen LogP contribution in [0.5, 0.6) is 11.5 Å². The Morgan fingerprint density at radius 3 is 2.43 bits per heavy atom. The predicted octanol–water partition coefficient (Wildman–Crippen LogP) is 5.27. The van der Waals surface area contributed by atoms with Gasteiger partial charge in [-0.15, -0.1) is 0 Å². The lowest BCUT2D eigenvalue weighted by Crippen LogP contribution is -2.07. The molecule has 0 bridgehead atoms. The van der Waals surface area contributed by atoms with Gasteiger partial charge in [0.05, 0.1) is 21.7 Å². The van der Waals surface area contributed by atoms with Crippen molar-refractivity contribution in [3.8, 4) is 17.6 Å². The van der Waals surface area contributed by atoms with Crippen LogP contribution in [0, 0.1) is 17.1 Å². The molecule has 0 spiro atoms. The molecule has 0 N–H and O–H groups in total. The van der Waals surface area contributed by atoms with Crippen molar-refractivity contribution >= 4 is 15.9 Å². The Labute approximate surface area is 125 Å². The number of hydrogen-bond donors (Lipinski definition) is 0. The fraction of sp³-hybridized carbons (Fsp3) is 0.0714. The van der Waals surface area contributed by atoms with Gasteiger partial charge in [0.1, 0.15) is 17.3 Å². The maximum Gasteiger partial charge on any atom is 0.417 e. The Balaban J connectivity index is 2.42. The third kappa shape index (κ3) is 3.52. The summed E-state index contributed by atoms with van der Waals surface area (Å²) in [4.78, 5) is 0. The van der Waals surface area contributed by atoms with E-state index in [1.165, 1.54) is 24.3 Å². The first kappa shape index (κ1) is 15.3. The third-order valence-electron chi connectivity index (χ3n) is 2.54. The van der Waals surface area contributed by atoms with E-state index in [1.807, 2.05) is 0 Å². The van der Waals surface area contributed by atoms with Gasteiger partial charge in [0.15, 0.2) is 0 Å². The van der Waals surface area contributed by atoms with Crippen LogP contribution in [0.15, 0.2) is 40.9 Å². The van der Waals surface area contributed by atoms with Gasteiger partial charge in [-0.1, -0.05) is 0 Å². The molecular weight excluding hydrogens is 354 g/mol. The monoisotopic (exact) mass is 359 g/mol. The van der Waals surface area contributed by atoms with Crippen LogP contribution >= 0.6 is 15.9 Å². The largest absolute Gasteiger partial charge is 0.456 e. The summed E-state index contributed by atoms with van der Waals surface area (Å²) >= 11 is 3.11. The van der Waals surface area contributed by atoms with Crippen molar-refractivity contribution in [1.29, 1.82) is 5.26 Å². The van der Waals surface area contributed by atoms with E-state index in [2.05, 4.69) is 15.9 Å². The number of benzene rings is 2. The maximum absolute atomic E-state index is 13.1. The molecule has 0 atom stereocenters. The molecule has 0 saturated heterocycles. The van der Waals surface area contributed by atoms with Gasteiger partial charge >= 0.3 is 6.18 Å². The summed E-state index contributed by atoms with van der Waals surface area (Å²) in [5, 5.41) is 8.69. The summed E-state index contributed by atoms with van der Waals surface area (Å²) in [5.41, 5.74) is -1.61. The minimum Gasteiger partial charge on any atom is -0.456 e. The van der Waals surface area contributed by atoms with E-state index in [1.54, 1.807) is 0 Å². The molecule has 0 unspecified atom stereocenters. The van der Waals surface area contributed by atoms with Gasteiger partial charge in [-0.05, 0) is 46.3 Å². The molecule has 0 aromatic heterocycles. The number of alkyl halides is 3. The second-order valence-corrected chi connectivity index (χ2v) is 4.85. The second kappa shape index (κ2) is 5.74. The SMILES string of the molecule is N#Cc1ccc(Oc2cc(F)ccc2Br)cc1C(F)(F)F. The molecule has 2 nitrogen and oxygen atoms in total. The topological polar surface area (TPSA) is 33.0 Å². The van der Waals surface area contributed by atoms with Crippen LogP contribution in [0.4, 0.5) is 17.6 Å². The van der Waals surface area contributed by atoms with E-state index in [0.29, 0.717) is 10.5 Å². The molecule has 0 aliphatic heterocycles. The molecule has 0 amide bonds. The minimum absolute atomic E-state index is 0.0350. The quantitative estimate of drug-likeness (QED) is 0.684. The Morgan fingerprint density at radius 2 is 1.81 bits per heavy atom. The van der Waals surface area contributed by atoms with Gasteiger partial charge in [-0.25, -0.2) is 4.39 Å². The summed E-state index contributed by atoms with van der Waals surface area (Å²) in [6.07, 6.45) is -4.68. The van der Waals surface area contributed by atoms with Crippen LogP contribution in [0.1, 0.15) is 11.1 Å². The average molecular weight is 360 g/mol. The number of ether oxygens (including phenoxy) is 1. The van der Waals surface area contributed by atoms with Gasteiger partial charge in [0, 0.05) is 6.07 Å². The fourth-order valence-corrected chi connectivity index (χ4v) is 1.93. The number of rotatable bonds is 2. The zero-order chi connectivity index (χ0) is 15.6. The van der Waals surface area contributed by atoms with Crippen LogP contribution in [-0.4, -0.2) is 0 Å². The number of nitrogens with zero attached hydrogens (tertiary/aromatic N) is 1. The number of hydrogen-bond acceptors (Lipinski definition) is 2. The fourth-order valence-electron chi connectivity index (χ4n) is 1.60. The van der Waals surface area contributed by atoms with Crippen LogP contribution < -0.4 is 4.74 Å². The molecule has 0 heterocycles. The lowest BCUT2D eigenvalue weighted by atomic mass is 10.1. The van der Waals surface area contributed by atoms with Gasteiger partial charge in [0.2, 0.25) is 0 Å². The van der Waals surface area contributed by atoms with E-state index in [-0.39, 0.29) is 11.5 Å². The summed E-state index contributed by atoms with van der Waals surface area (Å²) in [6.45, 7) is 0. The molecule has 2 rings (SSSR count). The van der Waals surface area contributed by atoms with Crippen LogP contribution in [-0.2, 0) is 6.18 Å². The Kier molecular flexibility index (Phi) is 4.19. The molecule has 0 aliphatic rings. The Hall–Kier alpha value is -2.07. The van der Waals surface area contributed by atoms with Crippen LogP contribution in [0.3, 0.4) is 0 Å². The highest BCUT2D eigenvalue weighted by Gasteiger charge is 2.34.